The molecule has 0 spiro atoms. The number of halogens is 2. The summed E-state index contributed by atoms with van der Waals surface area (Å²) in [6.45, 7) is 2.23. The van der Waals surface area contributed by atoms with Gasteiger partial charge < -0.3 is 10.2 Å². The lowest BCUT2D eigenvalue weighted by Crippen LogP contribution is -2.53. The van der Waals surface area contributed by atoms with E-state index in [1.807, 2.05) is 61.5 Å². The quantitative estimate of drug-likeness (QED) is 0.241. The molecule has 208 valence electrons. The number of nitrogens with one attached hydrogen (secondary N) is 1. The van der Waals surface area contributed by atoms with Gasteiger partial charge in [0.25, 0.3) is 0 Å². The van der Waals surface area contributed by atoms with Gasteiger partial charge in [-0.2, -0.15) is 0 Å². The summed E-state index contributed by atoms with van der Waals surface area (Å²) in [6, 6.07) is 22.9. The zero-order valence-electron chi connectivity index (χ0n) is 22.0. The van der Waals surface area contributed by atoms with E-state index >= 15 is 0 Å². The highest BCUT2D eigenvalue weighted by molar-refractivity contribution is 9.10. The van der Waals surface area contributed by atoms with Crippen molar-refractivity contribution in [2.24, 2.45) is 0 Å². The highest BCUT2D eigenvalue weighted by Crippen LogP contribution is 2.24. The number of rotatable bonds is 13. The summed E-state index contributed by atoms with van der Waals surface area (Å²) in [5.41, 5.74) is 2.07. The Labute approximate surface area is 247 Å². The molecular formula is C29H33Br2N3O4S. The minimum atomic E-state index is -3.81. The molecule has 0 saturated heterocycles. The number of hydrogen-bond acceptors (Lipinski definition) is 4. The molecule has 0 saturated carbocycles. The minimum absolute atomic E-state index is 0.140. The van der Waals surface area contributed by atoms with Crippen LogP contribution >= 0.6 is 31.9 Å². The first-order valence-corrected chi connectivity index (χ1v) is 16.1. The van der Waals surface area contributed by atoms with Gasteiger partial charge in [-0.15, -0.1) is 0 Å². The summed E-state index contributed by atoms with van der Waals surface area (Å²) in [7, 11) is -3.81. The van der Waals surface area contributed by atoms with Crippen LogP contribution in [0.15, 0.2) is 87.8 Å². The van der Waals surface area contributed by atoms with Gasteiger partial charge in [-0.25, -0.2) is 8.42 Å². The molecule has 0 bridgehead atoms. The number of hydrogen-bond donors (Lipinski definition) is 1. The van der Waals surface area contributed by atoms with Gasteiger partial charge in [0.05, 0.1) is 11.9 Å². The molecule has 0 aromatic heterocycles. The summed E-state index contributed by atoms with van der Waals surface area (Å²) in [4.78, 5) is 29.1. The van der Waals surface area contributed by atoms with Gasteiger partial charge in [0.15, 0.2) is 0 Å². The predicted molar refractivity (Wildman–Crippen MR) is 163 cm³/mol. The van der Waals surface area contributed by atoms with E-state index in [0.717, 1.165) is 39.0 Å². The van der Waals surface area contributed by atoms with Crippen molar-refractivity contribution in [2.45, 2.75) is 38.8 Å². The van der Waals surface area contributed by atoms with Crippen molar-refractivity contribution in [2.75, 3.05) is 23.7 Å². The van der Waals surface area contributed by atoms with Crippen LogP contribution in [-0.2, 0) is 32.6 Å². The van der Waals surface area contributed by atoms with E-state index in [0.29, 0.717) is 16.7 Å². The first-order chi connectivity index (χ1) is 18.6. The monoisotopic (exact) mass is 677 g/mol. The van der Waals surface area contributed by atoms with Crippen molar-refractivity contribution in [3.8, 4) is 0 Å². The van der Waals surface area contributed by atoms with Crippen LogP contribution in [0.5, 0.6) is 0 Å². The Morgan fingerprint density at radius 1 is 0.897 bits per heavy atom. The number of amides is 2. The van der Waals surface area contributed by atoms with Crippen molar-refractivity contribution in [1.29, 1.82) is 0 Å². The lowest BCUT2D eigenvalue weighted by atomic mass is 10.0. The van der Waals surface area contributed by atoms with Crippen LogP contribution in [0.4, 0.5) is 5.69 Å². The van der Waals surface area contributed by atoms with E-state index in [9.17, 15) is 18.0 Å². The van der Waals surface area contributed by atoms with E-state index < -0.39 is 28.5 Å². The molecule has 0 fully saturated rings. The molecule has 10 heteroatoms. The zero-order chi connectivity index (χ0) is 28.4. The maximum Gasteiger partial charge on any atom is 0.244 e. The van der Waals surface area contributed by atoms with Crippen molar-refractivity contribution in [3.05, 3.63) is 98.9 Å². The van der Waals surface area contributed by atoms with E-state index in [4.69, 9.17) is 0 Å². The van der Waals surface area contributed by atoms with Crippen molar-refractivity contribution >= 4 is 59.4 Å². The molecule has 3 rings (SSSR count). The topological polar surface area (TPSA) is 86.8 Å². The van der Waals surface area contributed by atoms with Crippen LogP contribution in [0.1, 0.15) is 30.9 Å². The maximum atomic E-state index is 14.0. The third-order valence-electron chi connectivity index (χ3n) is 6.14. The summed E-state index contributed by atoms with van der Waals surface area (Å²) >= 11 is 6.81. The zero-order valence-corrected chi connectivity index (χ0v) is 26.0. The van der Waals surface area contributed by atoms with E-state index in [-0.39, 0.29) is 18.9 Å². The molecule has 7 nitrogen and oxygen atoms in total. The molecule has 2 amide bonds. The van der Waals surface area contributed by atoms with Gasteiger partial charge >= 0.3 is 0 Å². The van der Waals surface area contributed by atoms with E-state index in [2.05, 4.69) is 37.2 Å². The summed E-state index contributed by atoms with van der Waals surface area (Å²) in [6.07, 6.45) is 3.09. The van der Waals surface area contributed by atoms with Crippen LogP contribution in [0.25, 0.3) is 0 Å². The Bertz CT molecular complexity index is 1350. The van der Waals surface area contributed by atoms with Crippen LogP contribution in [0.2, 0.25) is 0 Å². The van der Waals surface area contributed by atoms with Crippen molar-refractivity contribution in [3.63, 3.8) is 0 Å². The fourth-order valence-corrected chi connectivity index (χ4v) is 5.58. The molecule has 0 aliphatic carbocycles. The Morgan fingerprint density at radius 3 is 2.21 bits per heavy atom. The highest BCUT2D eigenvalue weighted by Gasteiger charge is 2.33. The first kappa shape index (κ1) is 30.8. The molecule has 39 heavy (non-hydrogen) atoms. The predicted octanol–water partition coefficient (Wildman–Crippen LogP) is 5.53. The Hall–Kier alpha value is -2.69. The second-order valence-corrected chi connectivity index (χ2v) is 13.0. The molecular weight excluding hydrogens is 646 g/mol. The molecule has 1 N–H and O–H groups in total. The normalized spacial score (nSPS) is 12.0. The molecule has 3 aromatic rings. The highest BCUT2D eigenvalue weighted by atomic mass is 79.9. The summed E-state index contributed by atoms with van der Waals surface area (Å²) in [5, 5.41) is 2.98. The second kappa shape index (κ2) is 14.6. The molecule has 0 aliphatic rings. The van der Waals surface area contributed by atoms with Gasteiger partial charge in [0.1, 0.15) is 12.6 Å². The first-order valence-electron chi connectivity index (χ1n) is 12.7. The molecule has 0 heterocycles. The van der Waals surface area contributed by atoms with Crippen molar-refractivity contribution in [1.82, 2.24) is 10.2 Å². The van der Waals surface area contributed by atoms with Crippen molar-refractivity contribution < 1.29 is 18.0 Å². The number of sulfonamides is 1. The number of nitrogens with zero attached hydrogens (tertiary/aromatic N) is 2. The summed E-state index contributed by atoms with van der Waals surface area (Å²) in [5.74, 6) is -0.749. The maximum absolute atomic E-state index is 14.0. The lowest BCUT2D eigenvalue weighted by Gasteiger charge is -2.33. The van der Waals surface area contributed by atoms with Crippen LogP contribution in [0, 0.1) is 0 Å². The van der Waals surface area contributed by atoms with Crippen LogP contribution in [0.3, 0.4) is 0 Å². The smallest absolute Gasteiger partial charge is 0.244 e. The standard InChI is InChI=1S/C29H33Br2N3O4S/c1-3-4-17-32-29(36)27(18-22-9-6-5-7-10-22)33(20-23-13-15-24(30)16-14-23)28(35)21-34(39(2,37)38)26-12-8-11-25(31)19-26/h5-16,19,27H,3-4,17-18,20-21H2,1-2H3,(H,32,36)/t27-/m1/s1. The van der Waals surface area contributed by atoms with Crippen LogP contribution in [-0.4, -0.2) is 50.5 Å². The number of benzene rings is 3. The Morgan fingerprint density at radius 2 is 1.59 bits per heavy atom. The number of carbonyl (C=O) groups excluding carboxylic acids is 2. The molecule has 1 atom stereocenters. The average Bonchev–Trinajstić information content (AvgIpc) is 2.90. The lowest BCUT2D eigenvalue weighted by molar-refractivity contribution is -0.140. The molecule has 0 radical (unpaired) electrons. The third-order valence-corrected chi connectivity index (χ3v) is 8.30. The second-order valence-electron chi connectivity index (χ2n) is 9.25. The molecule has 0 aliphatic heterocycles. The average molecular weight is 679 g/mol. The largest absolute Gasteiger partial charge is 0.354 e. The number of anilines is 1. The van der Waals surface area contributed by atoms with Gasteiger partial charge in [0, 0.05) is 28.5 Å². The molecule has 3 aromatic carbocycles. The van der Waals surface area contributed by atoms with E-state index in [1.165, 1.54) is 4.90 Å². The molecule has 0 unspecified atom stereocenters. The fourth-order valence-electron chi connectivity index (χ4n) is 4.09. The fraction of sp³-hybridized carbons (Fsp3) is 0.310. The Balaban J connectivity index is 2.02. The minimum Gasteiger partial charge on any atom is -0.354 e. The SMILES string of the molecule is CCCCNC(=O)[C@@H](Cc1ccccc1)N(Cc1ccc(Br)cc1)C(=O)CN(c1cccc(Br)c1)S(C)(=O)=O. The van der Waals surface area contributed by atoms with Gasteiger partial charge in [-0.1, -0.05) is 93.7 Å². The number of unbranched alkanes of at least 4 members (excludes halogenated alkanes) is 1. The van der Waals surface area contributed by atoms with Gasteiger partial charge in [-0.3, -0.25) is 13.9 Å². The summed E-state index contributed by atoms with van der Waals surface area (Å²) < 4.78 is 28.3. The van der Waals surface area contributed by atoms with Gasteiger partial charge in [0.2, 0.25) is 21.8 Å². The third kappa shape index (κ3) is 9.47. The van der Waals surface area contributed by atoms with Crippen LogP contribution < -0.4 is 9.62 Å². The Kier molecular flexibility index (Phi) is 11.6. The van der Waals surface area contributed by atoms with E-state index in [1.54, 1.807) is 24.3 Å². The number of carbonyl (C=O) groups is 2. The van der Waals surface area contributed by atoms with Gasteiger partial charge in [-0.05, 0) is 47.9 Å².